The monoisotopic (exact) mass is 259 g/mol. The Balaban J connectivity index is 2.09. The van der Waals surface area contributed by atoms with Crippen molar-refractivity contribution in [3.63, 3.8) is 0 Å². The van der Waals surface area contributed by atoms with E-state index < -0.39 is 12.2 Å². The molecule has 0 aromatic heterocycles. The van der Waals surface area contributed by atoms with Gasteiger partial charge in [0.1, 0.15) is 11.8 Å². The number of hydrogen-bond donors (Lipinski definition) is 1. The van der Waals surface area contributed by atoms with E-state index in [2.05, 4.69) is 0 Å². The molecule has 0 heterocycles. The van der Waals surface area contributed by atoms with E-state index in [-0.39, 0.29) is 11.7 Å². The number of halogens is 3. The van der Waals surface area contributed by atoms with Gasteiger partial charge in [0.25, 0.3) is 0 Å². The van der Waals surface area contributed by atoms with Crippen LogP contribution >= 0.6 is 0 Å². The topological polar surface area (TPSA) is 35.2 Å². The molecule has 1 saturated carbocycles. The molecule has 18 heavy (non-hydrogen) atoms. The molecule has 1 fully saturated rings. The minimum absolute atomic E-state index is 0.0398. The van der Waals surface area contributed by atoms with Gasteiger partial charge in [0.15, 0.2) is 0 Å². The molecule has 0 amide bonds. The summed E-state index contributed by atoms with van der Waals surface area (Å²) in [7, 11) is 0. The van der Waals surface area contributed by atoms with Crippen molar-refractivity contribution in [1.82, 2.24) is 0 Å². The fourth-order valence-electron chi connectivity index (χ4n) is 2.17. The Morgan fingerprint density at radius 1 is 1.22 bits per heavy atom. The third-order valence-electron chi connectivity index (χ3n) is 3.17. The molecule has 5 heteroatoms. The summed E-state index contributed by atoms with van der Waals surface area (Å²) in [6, 6.07) is 4.02. The number of rotatable bonds is 3. The first kappa shape index (κ1) is 13.2. The summed E-state index contributed by atoms with van der Waals surface area (Å²) in [5.41, 5.74) is 5.21. The quantitative estimate of drug-likeness (QED) is 0.900. The molecule has 1 aliphatic carbocycles. The average molecular weight is 259 g/mol. The second-order valence-electron chi connectivity index (χ2n) is 4.62. The van der Waals surface area contributed by atoms with E-state index >= 15 is 0 Å². The van der Waals surface area contributed by atoms with Gasteiger partial charge in [-0.25, -0.2) is 0 Å². The lowest BCUT2D eigenvalue weighted by molar-refractivity contribution is -0.149. The van der Waals surface area contributed by atoms with Crippen LogP contribution in [0.4, 0.5) is 13.2 Å². The first-order valence-corrected chi connectivity index (χ1v) is 6.06. The summed E-state index contributed by atoms with van der Waals surface area (Å²) < 4.78 is 43.2. The predicted molar refractivity (Wildman–Crippen MR) is 62.3 cm³/mol. The van der Waals surface area contributed by atoms with Gasteiger partial charge in [0.2, 0.25) is 0 Å². The van der Waals surface area contributed by atoms with E-state index in [4.69, 9.17) is 10.5 Å². The van der Waals surface area contributed by atoms with Crippen molar-refractivity contribution in [3.05, 3.63) is 29.8 Å². The molecule has 1 unspecified atom stereocenters. The van der Waals surface area contributed by atoms with E-state index in [0.717, 1.165) is 25.7 Å². The summed E-state index contributed by atoms with van der Waals surface area (Å²) >= 11 is 0. The molecule has 2 rings (SSSR count). The van der Waals surface area contributed by atoms with Gasteiger partial charge >= 0.3 is 6.18 Å². The fourth-order valence-corrected chi connectivity index (χ4v) is 2.17. The molecule has 0 aliphatic heterocycles. The van der Waals surface area contributed by atoms with Crippen molar-refractivity contribution in [3.8, 4) is 5.75 Å². The summed E-state index contributed by atoms with van der Waals surface area (Å²) in [6.45, 7) is 0. The van der Waals surface area contributed by atoms with Crippen molar-refractivity contribution in [2.75, 3.05) is 0 Å². The second kappa shape index (κ2) is 5.18. The van der Waals surface area contributed by atoms with Gasteiger partial charge in [-0.2, -0.15) is 13.2 Å². The summed E-state index contributed by atoms with van der Waals surface area (Å²) in [5, 5.41) is 0. The van der Waals surface area contributed by atoms with Crippen LogP contribution in [-0.4, -0.2) is 12.3 Å². The molecule has 2 nitrogen and oxygen atoms in total. The van der Waals surface area contributed by atoms with Crippen LogP contribution < -0.4 is 10.5 Å². The Bertz CT molecular complexity index is 399. The minimum Gasteiger partial charge on any atom is -0.490 e. The third kappa shape index (κ3) is 3.16. The highest BCUT2D eigenvalue weighted by Crippen LogP contribution is 2.32. The van der Waals surface area contributed by atoms with E-state index in [1.54, 1.807) is 12.1 Å². The lowest BCUT2D eigenvalue weighted by atomic mass is 10.1. The fraction of sp³-hybridized carbons (Fsp3) is 0.538. The lowest BCUT2D eigenvalue weighted by Crippen LogP contribution is -2.28. The second-order valence-corrected chi connectivity index (χ2v) is 4.62. The summed E-state index contributed by atoms with van der Waals surface area (Å²) in [5.74, 6) is 0.471. The summed E-state index contributed by atoms with van der Waals surface area (Å²) in [4.78, 5) is 0. The molecule has 2 N–H and O–H groups in total. The van der Waals surface area contributed by atoms with Crippen LogP contribution in [0, 0.1) is 0 Å². The average Bonchev–Trinajstić information content (AvgIpc) is 2.80. The van der Waals surface area contributed by atoms with Gasteiger partial charge in [0, 0.05) is 0 Å². The molecule has 1 aliphatic rings. The van der Waals surface area contributed by atoms with Crippen molar-refractivity contribution in [2.45, 2.75) is 44.0 Å². The third-order valence-corrected chi connectivity index (χ3v) is 3.17. The smallest absolute Gasteiger partial charge is 0.407 e. The van der Waals surface area contributed by atoms with Crippen LogP contribution in [0.3, 0.4) is 0 Å². The molecule has 1 atom stereocenters. The van der Waals surface area contributed by atoms with Crippen LogP contribution in [0.25, 0.3) is 0 Å². The van der Waals surface area contributed by atoms with E-state index in [9.17, 15) is 13.2 Å². The Kier molecular flexibility index (Phi) is 3.80. The molecule has 1 aromatic rings. The van der Waals surface area contributed by atoms with Crippen molar-refractivity contribution < 1.29 is 17.9 Å². The van der Waals surface area contributed by atoms with Crippen molar-refractivity contribution >= 4 is 0 Å². The van der Waals surface area contributed by atoms with Crippen LogP contribution in [0.1, 0.15) is 37.3 Å². The van der Waals surface area contributed by atoms with Gasteiger partial charge in [-0.1, -0.05) is 12.1 Å². The molecular formula is C13H16F3NO. The highest BCUT2D eigenvalue weighted by Gasteiger charge is 2.37. The number of hydrogen-bond acceptors (Lipinski definition) is 2. The predicted octanol–water partition coefficient (Wildman–Crippen LogP) is 3.57. The Morgan fingerprint density at radius 2 is 1.89 bits per heavy atom. The van der Waals surface area contributed by atoms with Gasteiger partial charge < -0.3 is 10.5 Å². The standard InChI is InChI=1S/C13H16F3NO/c14-13(15,16)12(17)9-4-3-7-11(8-9)18-10-5-1-2-6-10/h3-4,7-8,10,12H,1-2,5-6,17H2. The number of ether oxygens (including phenoxy) is 1. The molecule has 1 aromatic carbocycles. The minimum atomic E-state index is -4.42. The number of nitrogens with two attached hydrogens (primary N) is 1. The molecule has 0 bridgehead atoms. The van der Waals surface area contributed by atoms with Crippen molar-refractivity contribution in [1.29, 1.82) is 0 Å². The first-order valence-electron chi connectivity index (χ1n) is 6.06. The molecule has 100 valence electrons. The zero-order valence-electron chi connectivity index (χ0n) is 9.91. The maximum atomic E-state index is 12.5. The van der Waals surface area contributed by atoms with Gasteiger partial charge in [-0.3, -0.25) is 0 Å². The molecule has 0 radical (unpaired) electrons. The SMILES string of the molecule is NC(c1cccc(OC2CCCC2)c1)C(F)(F)F. The molecule has 0 spiro atoms. The Labute approximate surface area is 104 Å². The Hall–Kier alpha value is -1.23. The van der Waals surface area contributed by atoms with Gasteiger partial charge in [-0.15, -0.1) is 0 Å². The van der Waals surface area contributed by atoms with E-state index in [1.807, 2.05) is 0 Å². The maximum absolute atomic E-state index is 12.5. The summed E-state index contributed by atoms with van der Waals surface area (Å²) in [6.07, 6.45) is -0.127. The number of benzene rings is 1. The maximum Gasteiger partial charge on any atom is 0.407 e. The Morgan fingerprint density at radius 3 is 2.50 bits per heavy atom. The van der Waals surface area contributed by atoms with Crippen LogP contribution in [0.2, 0.25) is 0 Å². The first-order chi connectivity index (χ1) is 8.47. The lowest BCUT2D eigenvalue weighted by Gasteiger charge is -2.18. The number of alkyl halides is 3. The van der Waals surface area contributed by atoms with Gasteiger partial charge in [0.05, 0.1) is 6.10 Å². The van der Waals surface area contributed by atoms with Gasteiger partial charge in [-0.05, 0) is 43.4 Å². The highest BCUT2D eigenvalue weighted by molar-refractivity contribution is 5.31. The normalized spacial score (nSPS) is 18.9. The zero-order chi connectivity index (χ0) is 13.2. The van der Waals surface area contributed by atoms with E-state index in [1.165, 1.54) is 12.1 Å². The van der Waals surface area contributed by atoms with Crippen LogP contribution in [0.15, 0.2) is 24.3 Å². The van der Waals surface area contributed by atoms with Crippen LogP contribution in [-0.2, 0) is 0 Å². The van der Waals surface area contributed by atoms with Crippen molar-refractivity contribution in [2.24, 2.45) is 5.73 Å². The molecule has 0 saturated heterocycles. The zero-order valence-corrected chi connectivity index (χ0v) is 9.91. The highest BCUT2D eigenvalue weighted by atomic mass is 19.4. The van der Waals surface area contributed by atoms with Crippen LogP contribution in [0.5, 0.6) is 5.75 Å². The largest absolute Gasteiger partial charge is 0.490 e. The van der Waals surface area contributed by atoms with E-state index in [0.29, 0.717) is 5.75 Å². The molecular weight excluding hydrogens is 243 g/mol.